The molecule has 0 aliphatic rings. The molecule has 0 aliphatic heterocycles. The molecule has 0 aromatic heterocycles. The number of hydrogen-bond donors (Lipinski definition) is 0. The van der Waals surface area contributed by atoms with Crippen LogP contribution in [0.1, 0.15) is 55.6 Å². The summed E-state index contributed by atoms with van der Waals surface area (Å²) in [6.07, 6.45) is 0. The Bertz CT molecular complexity index is 2480. The highest BCUT2D eigenvalue weighted by Gasteiger charge is 2.31. The minimum Gasteiger partial charge on any atom is -0.309 e. The van der Waals surface area contributed by atoms with Crippen LogP contribution in [-0.2, 0) is 0 Å². The zero-order chi connectivity index (χ0) is 36.6. The molecule has 0 aliphatic carbocycles. The smallest absolute Gasteiger partial charge is 0.0575 e. The third-order valence-corrected chi connectivity index (χ3v) is 12.1. The molecule has 0 N–H and O–H groups in total. The summed E-state index contributed by atoms with van der Waals surface area (Å²) < 4.78 is 0. The van der Waals surface area contributed by atoms with Gasteiger partial charge in [-0.3, -0.25) is 0 Å². The topological polar surface area (TPSA) is 6.48 Å². The molecule has 0 atom stereocenters. The third kappa shape index (κ3) is 4.77. The van der Waals surface area contributed by atoms with E-state index in [0.717, 1.165) is 0 Å². The highest BCUT2D eigenvalue weighted by Crippen LogP contribution is 2.55. The summed E-state index contributed by atoms with van der Waals surface area (Å²) >= 11 is 0. The maximum atomic E-state index is 2.53. The van der Waals surface area contributed by atoms with Crippen LogP contribution in [-0.4, -0.2) is 0 Å². The van der Waals surface area contributed by atoms with Crippen LogP contribution in [0.2, 0.25) is 0 Å². The van der Waals surface area contributed by atoms with Crippen molar-refractivity contribution < 1.29 is 0 Å². The lowest BCUT2D eigenvalue weighted by atomic mass is 9.78. The molecule has 0 radical (unpaired) electrons. The number of benzene rings is 8. The molecule has 0 amide bonds. The second kappa shape index (κ2) is 12.6. The fourth-order valence-electron chi connectivity index (χ4n) is 9.00. The molecule has 2 nitrogen and oxygen atoms in total. The van der Waals surface area contributed by atoms with E-state index in [0.29, 0.717) is 0 Å². The molecule has 0 unspecified atom stereocenters. The molecule has 258 valence electrons. The van der Waals surface area contributed by atoms with Crippen LogP contribution in [0.15, 0.2) is 109 Å². The standard InChI is InChI=1S/C50H48N2/c1-29-21-17-19-27-41(29)51(39-23-13-11-14-24-39)49-37(9)35(7)43-32(4)34(6)46-48-44(31(3)33(5)45(49)47(43)48)36(8)38(10)50(46)52(40-25-15-12-16-26-40)42-28-20-18-22-30(42)2/h11-28H,1-10H3. The molecule has 52 heavy (non-hydrogen) atoms. The van der Waals surface area contributed by atoms with Crippen molar-refractivity contribution in [3.63, 3.8) is 0 Å². The Hall–Kier alpha value is -5.60. The molecule has 0 fully saturated rings. The summed E-state index contributed by atoms with van der Waals surface area (Å²) in [5.74, 6) is 0. The second-order valence-corrected chi connectivity index (χ2v) is 14.9. The predicted octanol–water partition coefficient (Wildman–Crippen LogP) is 14.6. The van der Waals surface area contributed by atoms with Gasteiger partial charge in [0.25, 0.3) is 0 Å². The maximum absolute atomic E-state index is 2.53. The van der Waals surface area contributed by atoms with E-state index in [1.165, 1.54) is 122 Å². The Labute approximate surface area is 309 Å². The van der Waals surface area contributed by atoms with E-state index in [1.807, 2.05) is 0 Å². The number of nitrogens with zero attached hydrogens (tertiary/aromatic N) is 2. The summed E-state index contributed by atoms with van der Waals surface area (Å²) in [7, 11) is 0. The summed E-state index contributed by atoms with van der Waals surface area (Å²) in [4.78, 5) is 5.06. The molecule has 0 spiro atoms. The number of anilines is 6. The average Bonchev–Trinajstić information content (AvgIpc) is 3.15. The minimum atomic E-state index is 1.17. The first-order valence-corrected chi connectivity index (χ1v) is 18.6. The molecule has 2 heteroatoms. The summed E-state index contributed by atoms with van der Waals surface area (Å²) in [6.45, 7) is 23.3. The molecule has 8 aromatic rings. The van der Waals surface area contributed by atoms with E-state index in [-0.39, 0.29) is 0 Å². The largest absolute Gasteiger partial charge is 0.309 e. The molecule has 0 saturated carbocycles. The van der Waals surface area contributed by atoms with Crippen molar-refractivity contribution >= 4 is 66.4 Å². The quantitative estimate of drug-likeness (QED) is 0.162. The van der Waals surface area contributed by atoms with Gasteiger partial charge >= 0.3 is 0 Å². The highest BCUT2D eigenvalue weighted by molar-refractivity contribution is 6.33. The van der Waals surface area contributed by atoms with E-state index in [1.54, 1.807) is 0 Å². The van der Waals surface area contributed by atoms with Gasteiger partial charge in [-0.25, -0.2) is 0 Å². The van der Waals surface area contributed by atoms with Gasteiger partial charge in [0.1, 0.15) is 0 Å². The fraction of sp³-hybridized carbons (Fsp3) is 0.200. The lowest BCUT2D eigenvalue weighted by Gasteiger charge is -2.35. The van der Waals surface area contributed by atoms with E-state index < -0.39 is 0 Å². The lowest BCUT2D eigenvalue weighted by Crippen LogP contribution is -2.17. The molecule has 0 heterocycles. The van der Waals surface area contributed by atoms with Crippen LogP contribution in [0.4, 0.5) is 34.1 Å². The van der Waals surface area contributed by atoms with Crippen LogP contribution < -0.4 is 9.80 Å². The van der Waals surface area contributed by atoms with E-state index >= 15 is 0 Å². The first kappa shape index (κ1) is 33.5. The highest BCUT2D eigenvalue weighted by atomic mass is 15.2. The SMILES string of the molecule is Cc1ccccc1N(c1ccccc1)c1c(C)c(C)c2c(C)c(C)c3c(N(c4ccccc4)c4ccccc4C)c(C)c(C)c4c(C)c(C)c1c2c43. The molecule has 8 aromatic carbocycles. The average molecular weight is 677 g/mol. The zero-order valence-electron chi connectivity index (χ0n) is 32.3. The molecule has 0 saturated heterocycles. The van der Waals surface area contributed by atoms with Crippen LogP contribution in [0, 0.1) is 69.2 Å². The van der Waals surface area contributed by atoms with Gasteiger partial charge in [-0.2, -0.15) is 0 Å². The van der Waals surface area contributed by atoms with Crippen molar-refractivity contribution in [3.8, 4) is 0 Å². The molecular weight excluding hydrogens is 629 g/mol. The van der Waals surface area contributed by atoms with E-state index in [9.17, 15) is 0 Å². The Morgan fingerprint density at radius 2 is 0.558 bits per heavy atom. The number of para-hydroxylation sites is 4. The first-order chi connectivity index (χ1) is 25.0. The maximum Gasteiger partial charge on any atom is 0.0575 e. The normalized spacial score (nSPS) is 11.7. The Kier molecular flexibility index (Phi) is 8.10. The van der Waals surface area contributed by atoms with Gasteiger partial charge in [0.15, 0.2) is 0 Å². The summed E-state index contributed by atoms with van der Waals surface area (Å²) in [5, 5.41) is 8.24. The monoisotopic (exact) mass is 676 g/mol. The van der Waals surface area contributed by atoms with Gasteiger partial charge in [0, 0.05) is 44.3 Å². The molecule has 8 rings (SSSR count). The Morgan fingerprint density at radius 3 is 0.904 bits per heavy atom. The van der Waals surface area contributed by atoms with Gasteiger partial charge in [0.05, 0.1) is 11.4 Å². The first-order valence-electron chi connectivity index (χ1n) is 18.6. The van der Waals surface area contributed by atoms with Crippen molar-refractivity contribution in [2.75, 3.05) is 9.80 Å². The number of aryl methyl sites for hydroxylation is 8. The van der Waals surface area contributed by atoms with Gasteiger partial charge < -0.3 is 9.80 Å². The minimum absolute atomic E-state index is 1.17. The number of rotatable bonds is 6. The fourth-order valence-corrected chi connectivity index (χ4v) is 9.00. The van der Waals surface area contributed by atoms with Crippen LogP contribution in [0.3, 0.4) is 0 Å². The summed E-state index contributed by atoms with van der Waals surface area (Å²) in [6, 6.07) is 39.5. The van der Waals surface area contributed by atoms with Crippen molar-refractivity contribution in [3.05, 3.63) is 165 Å². The molecular formula is C50H48N2. The van der Waals surface area contributed by atoms with Crippen LogP contribution in [0.25, 0.3) is 32.3 Å². The van der Waals surface area contributed by atoms with Gasteiger partial charge in [-0.05, 0) is 172 Å². The number of hydrogen-bond acceptors (Lipinski definition) is 2. The van der Waals surface area contributed by atoms with Crippen molar-refractivity contribution in [1.82, 2.24) is 0 Å². The third-order valence-electron chi connectivity index (χ3n) is 12.1. The van der Waals surface area contributed by atoms with E-state index in [2.05, 4.69) is 188 Å². The Morgan fingerprint density at radius 1 is 0.269 bits per heavy atom. The Balaban J connectivity index is 1.64. The van der Waals surface area contributed by atoms with Crippen molar-refractivity contribution in [2.45, 2.75) is 69.2 Å². The van der Waals surface area contributed by atoms with Crippen molar-refractivity contribution in [1.29, 1.82) is 0 Å². The van der Waals surface area contributed by atoms with Gasteiger partial charge in [0.2, 0.25) is 0 Å². The van der Waals surface area contributed by atoms with Crippen molar-refractivity contribution in [2.24, 2.45) is 0 Å². The van der Waals surface area contributed by atoms with Crippen LogP contribution >= 0.6 is 0 Å². The summed E-state index contributed by atoms with van der Waals surface area (Å²) in [5.41, 5.74) is 20.6. The van der Waals surface area contributed by atoms with E-state index in [4.69, 9.17) is 0 Å². The lowest BCUT2D eigenvalue weighted by molar-refractivity contribution is 1.21. The zero-order valence-corrected chi connectivity index (χ0v) is 32.3. The van der Waals surface area contributed by atoms with Gasteiger partial charge in [-0.15, -0.1) is 0 Å². The molecule has 0 bridgehead atoms. The predicted molar refractivity (Wildman–Crippen MR) is 227 cm³/mol. The second-order valence-electron chi connectivity index (χ2n) is 14.9. The van der Waals surface area contributed by atoms with Crippen LogP contribution in [0.5, 0.6) is 0 Å². The van der Waals surface area contributed by atoms with Gasteiger partial charge in [-0.1, -0.05) is 72.8 Å².